The molecule has 0 aromatic heterocycles. The molecule has 0 spiro atoms. The largest absolute Gasteiger partial charge is 0.416 e. The van der Waals surface area contributed by atoms with E-state index in [-0.39, 0.29) is 10.7 Å². The van der Waals surface area contributed by atoms with Gasteiger partial charge in [-0.3, -0.25) is 4.72 Å². The lowest BCUT2D eigenvalue weighted by Gasteiger charge is -2.10. The average Bonchev–Trinajstić information content (AvgIpc) is 2.04. The third-order valence-electron chi connectivity index (χ3n) is 1.55. The fraction of sp³-hybridized carbons (Fsp3) is 0.143. The van der Waals surface area contributed by atoms with E-state index in [0.29, 0.717) is 12.1 Å². The highest BCUT2D eigenvalue weighted by atomic mass is 35.5. The summed E-state index contributed by atoms with van der Waals surface area (Å²) in [4.78, 5) is 0. The third kappa shape index (κ3) is 3.54. The van der Waals surface area contributed by atoms with Gasteiger partial charge in [0.1, 0.15) is 0 Å². The second kappa shape index (κ2) is 4.11. The van der Waals surface area contributed by atoms with Crippen molar-refractivity contribution in [1.29, 1.82) is 0 Å². The summed E-state index contributed by atoms with van der Waals surface area (Å²) in [5, 5.41) is 4.26. The van der Waals surface area contributed by atoms with E-state index >= 15 is 0 Å². The van der Waals surface area contributed by atoms with Gasteiger partial charge in [-0.2, -0.15) is 21.6 Å². The molecule has 0 unspecified atom stereocenters. The molecule has 1 aromatic rings. The quantitative estimate of drug-likeness (QED) is 0.865. The number of halogens is 4. The summed E-state index contributed by atoms with van der Waals surface area (Å²) >= 11 is 5.46. The van der Waals surface area contributed by atoms with Gasteiger partial charge in [0.2, 0.25) is 0 Å². The van der Waals surface area contributed by atoms with Crippen molar-refractivity contribution in [2.24, 2.45) is 5.14 Å². The molecular weight excluding hydrogens is 269 g/mol. The summed E-state index contributed by atoms with van der Waals surface area (Å²) in [6.45, 7) is 0. The monoisotopic (exact) mass is 274 g/mol. The van der Waals surface area contributed by atoms with Crippen molar-refractivity contribution in [3.05, 3.63) is 28.8 Å². The third-order valence-corrected chi connectivity index (χ3v) is 2.37. The van der Waals surface area contributed by atoms with E-state index in [1.54, 1.807) is 4.72 Å². The van der Waals surface area contributed by atoms with Crippen LogP contribution in [0.3, 0.4) is 0 Å². The molecule has 1 aromatic carbocycles. The molecule has 3 N–H and O–H groups in total. The summed E-state index contributed by atoms with van der Waals surface area (Å²) in [7, 11) is -4.06. The molecule has 0 heterocycles. The Labute approximate surface area is 94.4 Å². The summed E-state index contributed by atoms with van der Waals surface area (Å²) < 4.78 is 59.7. The van der Waals surface area contributed by atoms with Crippen LogP contribution in [0.25, 0.3) is 0 Å². The van der Waals surface area contributed by atoms with Crippen molar-refractivity contribution in [3.63, 3.8) is 0 Å². The first kappa shape index (κ1) is 13.1. The predicted octanol–water partition coefficient (Wildman–Crippen LogP) is 1.97. The van der Waals surface area contributed by atoms with Gasteiger partial charge in [0, 0.05) is 0 Å². The van der Waals surface area contributed by atoms with Gasteiger partial charge in [-0.1, -0.05) is 11.6 Å². The summed E-state index contributed by atoms with van der Waals surface area (Å²) in [5.41, 5.74) is -1.19. The molecular formula is C7H6ClF3N2O2S. The van der Waals surface area contributed by atoms with Crippen molar-refractivity contribution in [1.82, 2.24) is 0 Å². The van der Waals surface area contributed by atoms with Crippen LogP contribution in [-0.2, 0) is 16.4 Å². The van der Waals surface area contributed by atoms with Crippen LogP contribution in [0.2, 0.25) is 5.02 Å². The molecule has 4 nitrogen and oxygen atoms in total. The minimum Gasteiger partial charge on any atom is -0.270 e. The number of anilines is 1. The first-order valence-electron chi connectivity index (χ1n) is 3.77. The van der Waals surface area contributed by atoms with Gasteiger partial charge in [-0.15, -0.1) is 0 Å². The van der Waals surface area contributed by atoms with Crippen LogP contribution in [0.15, 0.2) is 18.2 Å². The maximum atomic E-state index is 12.2. The Morgan fingerprint density at radius 1 is 1.31 bits per heavy atom. The number of rotatable bonds is 2. The van der Waals surface area contributed by atoms with Crippen LogP contribution in [0.4, 0.5) is 18.9 Å². The van der Waals surface area contributed by atoms with Crippen LogP contribution in [0.1, 0.15) is 5.56 Å². The van der Waals surface area contributed by atoms with Crippen LogP contribution < -0.4 is 9.86 Å². The Kier molecular flexibility index (Phi) is 3.36. The van der Waals surface area contributed by atoms with Crippen LogP contribution in [0, 0.1) is 0 Å². The summed E-state index contributed by atoms with van der Waals surface area (Å²) in [6.07, 6.45) is -4.54. The van der Waals surface area contributed by atoms with E-state index < -0.39 is 21.9 Å². The number of hydrogen-bond acceptors (Lipinski definition) is 2. The zero-order valence-electron chi connectivity index (χ0n) is 7.55. The molecule has 0 aliphatic heterocycles. The SMILES string of the molecule is NS(=O)(=O)Nc1ccc(C(F)(F)F)cc1Cl. The highest BCUT2D eigenvalue weighted by Crippen LogP contribution is 2.33. The second-order valence-corrected chi connectivity index (χ2v) is 4.54. The molecule has 0 radical (unpaired) electrons. The summed E-state index contributed by atoms with van der Waals surface area (Å²) in [5.74, 6) is 0. The lowest BCUT2D eigenvalue weighted by atomic mass is 10.2. The lowest BCUT2D eigenvalue weighted by molar-refractivity contribution is -0.137. The van der Waals surface area contributed by atoms with Gasteiger partial charge in [0.05, 0.1) is 16.3 Å². The minimum atomic E-state index is -4.54. The number of nitrogens with two attached hydrogens (primary N) is 1. The van der Waals surface area contributed by atoms with E-state index in [1.165, 1.54) is 0 Å². The maximum Gasteiger partial charge on any atom is 0.416 e. The van der Waals surface area contributed by atoms with E-state index in [4.69, 9.17) is 11.6 Å². The molecule has 0 saturated heterocycles. The highest BCUT2D eigenvalue weighted by Gasteiger charge is 2.31. The molecule has 0 bridgehead atoms. The molecule has 9 heteroatoms. The predicted molar refractivity (Wildman–Crippen MR) is 53.2 cm³/mol. The van der Waals surface area contributed by atoms with Gasteiger partial charge >= 0.3 is 6.18 Å². The molecule has 0 amide bonds. The number of alkyl halides is 3. The molecule has 0 saturated carbocycles. The van der Waals surface area contributed by atoms with Gasteiger partial charge in [0.25, 0.3) is 10.2 Å². The normalized spacial score (nSPS) is 12.6. The smallest absolute Gasteiger partial charge is 0.270 e. The van der Waals surface area contributed by atoms with Crippen LogP contribution in [0.5, 0.6) is 0 Å². The van der Waals surface area contributed by atoms with E-state index in [1.807, 2.05) is 0 Å². The Bertz CT molecular complexity index is 501. The number of hydrogen-bond donors (Lipinski definition) is 2. The van der Waals surface area contributed by atoms with Crippen molar-refractivity contribution >= 4 is 27.5 Å². The zero-order chi connectivity index (χ0) is 12.6. The molecule has 90 valence electrons. The Morgan fingerprint density at radius 2 is 1.88 bits per heavy atom. The van der Waals surface area contributed by atoms with Crippen LogP contribution in [-0.4, -0.2) is 8.42 Å². The highest BCUT2D eigenvalue weighted by molar-refractivity contribution is 7.90. The van der Waals surface area contributed by atoms with Crippen LogP contribution >= 0.6 is 11.6 Å². The minimum absolute atomic E-state index is 0.211. The first-order valence-corrected chi connectivity index (χ1v) is 5.69. The lowest BCUT2D eigenvalue weighted by Crippen LogP contribution is -2.22. The topological polar surface area (TPSA) is 72.2 Å². The first-order chi connectivity index (χ1) is 7.09. The van der Waals surface area contributed by atoms with Gasteiger partial charge in [0.15, 0.2) is 0 Å². The standard InChI is InChI=1S/C7H6ClF3N2O2S/c8-5-3-4(7(9,10)11)1-2-6(5)13-16(12,14)15/h1-3,13H,(H2,12,14,15). The van der Waals surface area contributed by atoms with E-state index in [2.05, 4.69) is 5.14 Å². The molecule has 0 atom stereocenters. The molecule has 16 heavy (non-hydrogen) atoms. The van der Waals surface area contributed by atoms with Crippen molar-refractivity contribution in [2.75, 3.05) is 4.72 Å². The number of nitrogens with one attached hydrogen (secondary N) is 1. The molecule has 1 rings (SSSR count). The van der Waals surface area contributed by atoms with Gasteiger partial charge < -0.3 is 0 Å². The molecule has 0 aliphatic carbocycles. The number of benzene rings is 1. The van der Waals surface area contributed by atoms with E-state index in [0.717, 1.165) is 6.07 Å². The fourth-order valence-corrected chi connectivity index (χ4v) is 1.70. The fourth-order valence-electron chi connectivity index (χ4n) is 0.927. The summed E-state index contributed by atoms with van der Waals surface area (Å²) in [6, 6.07) is 2.18. The molecule has 0 aliphatic rings. The van der Waals surface area contributed by atoms with Gasteiger partial charge in [-0.05, 0) is 18.2 Å². The van der Waals surface area contributed by atoms with Crippen molar-refractivity contribution in [3.8, 4) is 0 Å². The zero-order valence-corrected chi connectivity index (χ0v) is 9.12. The Hall–Kier alpha value is -0.990. The Balaban J connectivity index is 3.11. The maximum absolute atomic E-state index is 12.2. The van der Waals surface area contributed by atoms with Gasteiger partial charge in [-0.25, -0.2) is 5.14 Å². The van der Waals surface area contributed by atoms with E-state index in [9.17, 15) is 21.6 Å². The second-order valence-electron chi connectivity index (χ2n) is 2.84. The molecule has 0 fully saturated rings. The average molecular weight is 275 g/mol. The Morgan fingerprint density at radius 3 is 2.25 bits per heavy atom. The van der Waals surface area contributed by atoms with Crippen molar-refractivity contribution in [2.45, 2.75) is 6.18 Å². The van der Waals surface area contributed by atoms with Crippen molar-refractivity contribution < 1.29 is 21.6 Å².